The van der Waals surface area contributed by atoms with Gasteiger partial charge in [0.2, 0.25) is 0 Å². The van der Waals surface area contributed by atoms with E-state index in [1.807, 2.05) is 6.07 Å². The largest absolute Gasteiger partial charge is 0.365 e. The summed E-state index contributed by atoms with van der Waals surface area (Å²) in [7, 11) is 0. The monoisotopic (exact) mass is 421 g/mol. The first-order valence-electron chi connectivity index (χ1n) is 10.6. The van der Waals surface area contributed by atoms with Crippen molar-refractivity contribution in [1.82, 2.24) is 9.97 Å². The molecule has 2 aromatic carbocycles. The Kier molecular flexibility index (Phi) is 5.99. The third kappa shape index (κ3) is 4.74. The average molecular weight is 421 g/mol. The SMILES string of the molecule is CC(C)Nc1nc2ccc(C#N)cc2nc1N1CCC(Cc2ccc(F)cc2F)CC1. The van der Waals surface area contributed by atoms with Gasteiger partial charge in [-0.25, -0.2) is 18.7 Å². The number of nitrogens with one attached hydrogen (secondary N) is 1. The molecule has 1 N–H and O–H groups in total. The summed E-state index contributed by atoms with van der Waals surface area (Å²) >= 11 is 0. The van der Waals surface area contributed by atoms with E-state index < -0.39 is 11.6 Å². The molecule has 0 saturated carbocycles. The predicted octanol–water partition coefficient (Wildman–Crippen LogP) is 5.06. The third-order valence-corrected chi connectivity index (χ3v) is 5.64. The highest BCUT2D eigenvalue weighted by atomic mass is 19.1. The summed E-state index contributed by atoms with van der Waals surface area (Å²) in [6, 6.07) is 11.5. The molecule has 160 valence electrons. The van der Waals surface area contributed by atoms with Gasteiger partial charge in [-0.1, -0.05) is 6.07 Å². The fourth-order valence-electron chi connectivity index (χ4n) is 4.05. The van der Waals surface area contributed by atoms with Gasteiger partial charge in [-0.2, -0.15) is 5.26 Å². The number of hydrogen-bond donors (Lipinski definition) is 1. The first kappa shape index (κ1) is 21.0. The number of anilines is 2. The number of aromatic nitrogens is 2. The van der Waals surface area contributed by atoms with E-state index >= 15 is 0 Å². The highest BCUT2D eigenvalue weighted by Crippen LogP contribution is 2.31. The van der Waals surface area contributed by atoms with Gasteiger partial charge in [0.1, 0.15) is 11.6 Å². The van der Waals surface area contributed by atoms with Crippen molar-refractivity contribution in [2.75, 3.05) is 23.3 Å². The molecule has 5 nitrogen and oxygen atoms in total. The van der Waals surface area contributed by atoms with Crippen LogP contribution >= 0.6 is 0 Å². The zero-order chi connectivity index (χ0) is 22.0. The summed E-state index contributed by atoms with van der Waals surface area (Å²) < 4.78 is 27.2. The van der Waals surface area contributed by atoms with Gasteiger partial charge in [0.15, 0.2) is 11.6 Å². The maximum Gasteiger partial charge on any atom is 0.172 e. The molecule has 0 atom stereocenters. The van der Waals surface area contributed by atoms with Gasteiger partial charge in [-0.05, 0) is 68.9 Å². The van der Waals surface area contributed by atoms with Crippen LogP contribution < -0.4 is 10.2 Å². The van der Waals surface area contributed by atoms with E-state index in [9.17, 15) is 14.0 Å². The van der Waals surface area contributed by atoms with Crippen molar-refractivity contribution in [2.45, 2.75) is 39.2 Å². The van der Waals surface area contributed by atoms with Gasteiger partial charge < -0.3 is 10.2 Å². The second kappa shape index (κ2) is 8.84. The summed E-state index contributed by atoms with van der Waals surface area (Å²) in [5, 5.41) is 12.6. The lowest BCUT2D eigenvalue weighted by Crippen LogP contribution is -2.36. The molecule has 1 aliphatic heterocycles. The molecule has 0 radical (unpaired) electrons. The van der Waals surface area contributed by atoms with Crippen LogP contribution in [0.25, 0.3) is 11.0 Å². The molecule has 4 rings (SSSR count). The number of nitrogens with zero attached hydrogens (tertiary/aromatic N) is 4. The summed E-state index contributed by atoms with van der Waals surface area (Å²) in [6.45, 7) is 5.66. The molecule has 1 aliphatic rings. The molecule has 0 amide bonds. The summed E-state index contributed by atoms with van der Waals surface area (Å²) in [4.78, 5) is 11.8. The molecule has 1 aromatic heterocycles. The van der Waals surface area contributed by atoms with Crippen molar-refractivity contribution in [3.8, 4) is 6.07 Å². The molecule has 0 unspecified atom stereocenters. The minimum Gasteiger partial charge on any atom is -0.365 e. The minimum atomic E-state index is -0.546. The molecular formula is C24H25F2N5. The molecule has 0 aliphatic carbocycles. The van der Waals surface area contributed by atoms with Gasteiger partial charge in [-0.15, -0.1) is 0 Å². The highest BCUT2D eigenvalue weighted by molar-refractivity contribution is 5.82. The number of rotatable bonds is 5. The summed E-state index contributed by atoms with van der Waals surface area (Å²) in [5.74, 6) is 0.824. The van der Waals surface area contributed by atoms with Crippen molar-refractivity contribution in [3.63, 3.8) is 0 Å². The Balaban J connectivity index is 1.54. The average Bonchev–Trinajstić information content (AvgIpc) is 2.75. The molecule has 0 spiro atoms. The lowest BCUT2D eigenvalue weighted by atomic mass is 9.90. The van der Waals surface area contributed by atoms with Crippen LogP contribution in [-0.4, -0.2) is 29.1 Å². The van der Waals surface area contributed by atoms with Crippen LogP contribution in [0.15, 0.2) is 36.4 Å². The number of benzene rings is 2. The number of hydrogen-bond acceptors (Lipinski definition) is 5. The number of nitriles is 1. The molecule has 0 bridgehead atoms. The Bertz CT molecular complexity index is 1130. The summed E-state index contributed by atoms with van der Waals surface area (Å²) in [5.41, 5.74) is 2.56. The first-order valence-corrected chi connectivity index (χ1v) is 10.6. The van der Waals surface area contributed by atoms with Crippen molar-refractivity contribution >= 4 is 22.7 Å². The van der Waals surface area contributed by atoms with E-state index in [1.165, 1.54) is 6.07 Å². The van der Waals surface area contributed by atoms with E-state index in [0.717, 1.165) is 49.1 Å². The van der Waals surface area contributed by atoms with Crippen LogP contribution in [0, 0.1) is 28.9 Å². The van der Waals surface area contributed by atoms with Gasteiger partial charge >= 0.3 is 0 Å². The van der Waals surface area contributed by atoms with Gasteiger partial charge in [0.05, 0.1) is 22.7 Å². The van der Waals surface area contributed by atoms with E-state index in [1.54, 1.807) is 18.2 Å². The Morgan fingerprint density at radius 1 is 1.10 bits per heavy atom. The van der Waals surface area contributed by atoms with Crippen molar-refractivity contribution in [3.05, 3.63) is 59.2 Å². The minimum absolute atomic E-state index is 0.197. The summed E-state index contributed by atoms with van der Waals surface area (Å²) in [6.07, 6.45) is 2.37. The van der Waals surface area contributed by atoms with Gasteiger partial charge in [0, 0.05) is 25.2 Å². The van der Waals surface area contributed by atoms with Crippen LogP contribution in [0.2, 0.25) is 0 Å². The number of piperidine rings is 1. The lowest BCUT2D eigenvalue weighted by molar-refractivity contribution is 0.396. The standard InChI is InChI=1S/C24H25F2N5/c1-15(2)28-23-24(30-22-12-17(14-27)3-6-21(22)29-23)31-9-7-16(8-10-31)11-18-4-5-19(25)13-20(18)26/h3-6,12-13,15-16H,7-11H2,1-2H3,(H,28,29). The van der Waals surface area contributed by atoms with E-state index in [4.69, 9.17) is 9.97 Å². The van der Waals surface area contributed by atoms with Crippen LogP contribution in [-0.2, 0) is 6.42 Å². The Hall–Kier alpha value is -3.27. The second-order valence-corrected chi connectivity index (χ2v) is 8.38. The van der Waals surface area contributed by atoms with Crippen LogP contribution in [0.3, 0.4) is 0 Å². The smallest absolute Gasteiger partial charge is 0.172 e. The zero-order valence-electron chi connectivity index (χ0n) is 17.7. The molecule has 3 aromatic rings. The van der Waals surface area contributed by atoms with Crippen LogP contribution in [0.5, 0.6) is 0 Å². The highest BCUT2D eigenvalue weighted by Gasteiger charge is 2.24. The topological polar surface area (TPSA) is 64.8 Å². The van der Waals surface area contributed by atoms with Crippen LogP contribution in [0.1, 0.15) is 37.8 Å². The molecule has 31 heavy (non-hydrogen) atoms. The number of halogens is 2. The van der Waals surface area contributed by atoms with Crippen molar-refractivity contribution in [2.24, 2.45) is 5.92 Å². The molecule has 1 saturated heterocycles. The quantitative estimate of drug-likeness (QED) is 0.624. The van der Waals surface area contributed by atoms with Gasteiger partial charge in [-0.3, -0.25) is 0 Å². The molecule has 1 fully saturated rings. The molecule has 7 heteroatoms. The van der Waals surface area contributed by atoms with E-state index in [0.29, 0.717) is 29.0 Å². The lowest BCUT2D eigenvalue weighted by Gasteiger charge is -2.34. The van der Waals surface area contributed by atoms with Crippen molar-refractivity contribution < 1.29 is 8.78 Å². The maximum absolute atomic E-state index is 14.0. The fourth-order valence-corrected chi connectivity index (χ4v) is 4.05. The number of fused-ring (bicyclic) bond motifs is 1. The van der Waals surface area contributed by atoms with Crippen LogP contribution in [0.4, 0.5) is 20.4 Å². The van der Waals surface area contributed by atoms with E-state index in [2.05, 4.69) is 30.1 Å². The Morgan fingerprint density at radius 3 is 2.55 bits per heavy atom. The predicted molar refractivity (Wildman–Crippen MR) is 118 cm³/mol. The molecular weight excluding hydrogens is 396 g/mol. The second-order valence-electron chi connectivity index (χ2n) is 8.38. The normalized spacial score (nSPS) is 14.8. The Morgan fingerprint density at radius 2 is 1.87 bits per heavy atom. The third-order valence-electron chi connectivity index (χ3n) is 5.64. The molecule has 2 heterocycles. The van der Waals surface area contributed by atoms with E-state index in [-0.39, 0.29) is 6.04 Å². The maximum atomic E-state index is 14.0. The first-order chi connectivity index (χ1) is 14.9. The van der Waals surface area contributed by atoms with Gasteiger partial charge in [0.25, 0.3) is 0 Å². The Labute approximate surface area is 180 Å². The zero-order valence-corrected chi connectivity index (χ0v) is 17.7. The fraction of sp³-hybridized carbons (Fsp3) is 0.375. The van der Waals surface area contributed by atoms with Crippen molar-refractivity contribution in [1.29, 1.82) is 5.26 Å².